The third-order valence-electron chi connectivity index (χ3n) is 7.94. The molecule has 8 rings (SSSR count). The van der Waals surface area contributed by atoms with E-state index in [2.05, 4.69) is 133 Å². The fourth-order valence-corrected chi connectivity index (χ4v) is 5.93. The maximum absolute atomic E-state index is 5.93. The Bertz CT molecular complexity index is 1930. The molecule has 0 atom stereocenters. The first-order valence-corrected chi connectivity index (χ1v) is 14.2. The molecule has 0 amide bonds. The van der Waals surface area contributed by atoms with Crippen LogP contribution in [0.2, 0.25) is 0 Å². The second-order valence-electron chi connectivity index (χ2n) is 10.6. The maximum Gasteiger partial charge on any atom is 0.0314 e. The molecule has 0 radical (unpaired) electrons. The minimum absolute atomic E-state index is 0.774. The molecule has 0 bridgehead atoms. The van der Waals surface area contributed by atoms with Gasteiger partial charge in [0.2, 0.25) is 0 Å². The van der Waals surface area contributed by atoms with Gasteiger partial charge in [0, 0.05) is 11.4 Å². The molecule has 0 aliphatic rings. The normalized spacial score (nSPS) is 11.0. The van der Waals surface area contributed by atoms with Crippen LogP contribution in [0.5, 0.6) is 0 Å². The van der Waals surface area contributed by atoms with Crippen LogP contribution in [0.4, 0.5) is 11.4 Å². The maximum atomic E-state index is 5.93. The molecule has 0 saturated carbocycles. The minimum Gasteiger partial charge on any atom is -0.399 e. The average molecular weight is 539 g/mol. The third-order valence-corrected chi connectivity index (χ3v) is 7.94. The highest BCUT2D eigenvalue weighted by Gasteiger charge is 2.16. The highest BCUT2D eigenvalue weighted by molar-refractivity contribution is 6.21. The molecule has 2 nitrogen and oxygen atoms in total. The van der Waals surface area contributed by atoms with Crippen LogP contribution in [-0.2, 0) is 0 Å². The Labute approximate surface area is 245 Å². The Morgan fingerprint density at radius 1 is 0.286 bits per heavy atom. The van der Waals surface area contributed by atoms with Crippen LogP contribution in [0.1, 0.15) is 0 Å². The van der Waals surface area contributed by atoms with Crippen molar-refractivity contribution in [2.24, 2.45) is 0 Å². The molecular weight excluding hydrogens is 508 g/mol. The van der Waals surface area contributed by atoms with Gasteiger partial charge in [-0.1, -0.05) is 121 Å². The Hall–Kier alpha value is -5.60. The molecule has 8 aromatic rings. The Kier molecular flexibility index (Phi) is 6.50. The van der Waals surface area contributed by atoms with E-state index in [1.54, 1.807) is 0 Å². The number of hydrogen-bond acceptors (Lipinski definition) is 2. The van der Waals surface area contributed by atoms with Crippen molar-refractivity contribution in [2.75, 3.05) is 11.5 Å². The molecule has 0 aliphatic carbocycles. The molecule has 8 aromatic carbocycles. The molecule has 0 saturated heterocycles. The van der Waals surface area contributed by atoms with Crippen molar-refractivity contribution in [3.05, 3.63) is 158 Å². The van der Waals surface area contributed by atoms with Gasteiger partial charge in [-0.25, -0.2) is 0 Å². The average Bonchev–Trinajstić information content (AvgIpc) is 3.04. The molecule has 0 aromatic heterocycles. The van der Waals surface area contributed by atoms with E-state index >= 15 is 0 Å². The summed E-state index contributed by atoms with van der Waals surface area (Å²) in [6, 6.07) is 54.9. The predicted octanol–water partition coefficient (Wildman–Crippen LogP) is 10.5. The summed E-state index contributed by atoms with van der Waals surface area (Å²) < 4.78 is 0. The van der Waals surface area contributed by atoms with Gasteiger partial charge in [-0.15, -0.1) is 0 Å². The predicted molar refractivity (Wildman–Crippen MR) is 183 cm³/mol. The first kappa shape index (κ1) is 25.4. The smallest absolute Gasteiger partial charge is 0.0314 e. The molecule has 2 heteroatoms. The quantitative estimate of drug-likeness (QED) is 0.170. The second kappa shape index (κ2) is 10.8. The summed E-state index contributed by atoms with van der Waals surface area (Å²) in [5.74, 6) is 0. The molecular formula is C40H30N2. The summed E-state index contributed by atoms with van der Waals surface area (Å²) >= 11 is 0. The van der Waals surface area contributed by atoms with Crippen molar-refractivity contribution < 1.29 is 0 Å². The van der Waals surface area contributed by atoms with Crippen LogP contribution < -0.4 is 11.5 Å². The summed E-state index contributed by atoms with van der Waals surface area (Å²) in [5.41, 5.74) is 18.2. The van der Waals surface area contributed by atoms with Crippen LogP contribution in [0.25, 0.3) is 65.3 Å². The van der Waals surface area contributed by atoms with Crippen LogP contribution in [0, 0.1) is 0 Å². The zero-order valence-electron chi connectivity index (χ0n) is 23.2. The van der Waals surface area contributed by atoms with Gasteiger partial charge in [0.1, 0.15) is 0 Å². The van der Waals surface area contributed by atoms with Gasteiger partial charge in [0.15, 0.2) is 0 Å². The van der Waals surface area contributed by atoms with Gasteiger partial charge in [-0.05, 0) is 102 Å². The SMILES string of the molecule is Nc1ccc(-c2c3ccccc3c(-c3ccc(N)cc3)c3ccccc23)cc1.c1ccc2cc3ccccc3cc2c1. The van der Waals surface area contributed by atoms with Crippen molar-refractivity contribution >= 4 is 54.5 Å². The summed E-state index contributed by atoms with van der Waals surface area (Å²) in [6.45, 7) is 0. The van der Waals surface area contributed by atoms with E-state index in [1.807, 2.05) is 24.3 Å². The second-order valence-corrected chi connectivity index (χ2v) is 10.6. The molecule has 4 N–H and O–H groups in total. The highest BCUT2D eigenvalue weighted by Crippen LogP contribution is 2.43. The lowest BCUT2D eigenvalue weighted by Gasteiger charge is -2.17. The Morgan fingerprint density at radius 3 is 0.833 bits per heavy atom. The van der Waals surface area contributed by atoms with E-state index in [-0.39, 0.29) is 0 Å². The van der Waals surface area contributed by atoms with Crippen molar-refractivity contribution in [1.29, 1.82) is 0 Å². The topological polar surface area (TPSA) is 52.0 Å². The van der Waals surface area contributed by atoms with Crippen molar-refractivity contribution in [3.8, 4) is 22.3 Å². The number of benzene rings is 8. The molecule has 0 aliphatic heterocycles. The summed E-state index contributed by atoms with van der Waals surface area (Å²) in [7, 11) is 0. The van der Waals surface area contributed by atoms with Crippen molar-refractivity contribution in [2.45, 2.75) is 0 Å². The van der Waals surface area contributed by atoms with Crippen molar-refractivity contribution in [1.82, 2.24) is 0 Å². The number of nitrogen functional groups attached to an aromatic ring is 2. The molecule has 42 heavy (non-hydrogen) atoms. The van der Waals surface area contributed by atoms with Gasteiger partial charge in [-0.2, -0.15) is 0 Å². The molecule has 0 heterocycles. The highest BCUT2D eigenvalue weighted by atomic mass is 14.5. The Balaban J connectivity index is 0.000000171. The molecule has 0 unspecified atom stereocenters. The fourth-order valence-electron chi connectivity index (χ4n) is 5.93. The molecule has 0 spiro atoms. The van der Waals surface area contributed by atoms with Crippen LogP contribution in [0.3, 0.4) is 0 Å². The van der Waals surface area contributed by atoms with Gasteiger partial charge in [-0.3, -0.25) is 0 Å². The monoisotopic (exact) mass is 538 g/mol. The first-order valence-electron chi connectivity index (χ1n) is 14.2. The molecule has 200 valence electrons. The van der Waals surface area contributed by atoms with E-state index < -0.39 is 0 Å². The number of hydrogen-bond donors (Lipinski definition) is 2. The molecule has 0 fully saturated rings. The van der Waals surface area contributed by atoms with E-state index in [4.69, 9.17) is 11.5 Å². The summed E-state index contributed by atoms with van der Waals surface area (Å²) in [6.07, 6.45) is 0. The van der Waals surface area contributed by atoms with Crippen molar-refractivity contribution in [3.63, 3.8) is 0 Å². The standard InChI is InChI=1S/C26H20N2.C14H10/c27-19-13-9-17(10-14-19)25-21-5-1-2-6-22(21)26(18-11-15-20(28)16-12-18)24-8-4-3-7-23(24)25;1-2-6-12-10-14-8-4-3-7-13(14)9-11(12)5-1/h1-16H,27-28H2;1-10H. The Morgan fingerprint density at radius 2 is 0.548 bits per heavy atom. The third kappa shape index (κ3) is 4.70. The van der Waals surface area contributed by atoms with Crippen LogP contribution >= 0.6 is 0 Å². The van der Waals surface area contributed by atoms with Gasteiger partial charge in [0.05, 0.1) is 0 Å². The zero-order valence-corrected chi connectivity index (χ0v) is 23.2. The summed E-state index contributed by atoms with van der Waals surface area (Å²) in [5, 5.41) is 10.2. The van der Waals surface area contributed by atoms with Crippen LogP contribution in [-0.4, -0.2) is 0 Å². The minimum atomic E-state index is 0.774. The van der Waals surface area contributed by atoms with Gasteiger partial charge >= 0.3 is 0 Å². The number of rotatable bonds is 2. The van der Waals surface area contributed by atoms with E-state index in [9.17, 15) is 0 Å². The lowest BCUT2D eigenvalue weighted by molar-refractivity contribution is 1.64. The van der Waals surface area contributed by atoms with Crippen LogP contribution in [0.15, 0.2) is 158 Å². The summed E-state index contributed by atoms with van der Waals surface area (Å²) in [4.78, 5) is 0. The number of anilines is 2. The largest absolute Gasteiger partial charge is 0.399 e. The van der Waals surface area contributed by atoms with E-state index in [1.165, 1.54) is 65.3 Å². The fraction of sp³-hybridized carbons (Fsp3) is 0. The zero-order chi connectivity index (χ0) is 28.5. The van der Waals surface area contributed by atoms with E-state index in [0.717, 1.165) is 11.4 Å². The number of fused-ring (bicyclic) bond motifs is 4. The van der Waals surface area contributed by atoms with Gasteiger partial charge in [0.25, 0.3) is 0 Å². The van der Waals surface area contributed by atoms with Gasteiger partial charge < -0.3 is 11.5 Å². The lowest BCUT2D eigenvalue weighted by Crippen LogP contribution is -1.91. The van der Waals surface area contributed by atoms with E-state index in [0.29, 0.717) is 0 Å². The number of nitrogens with two attached hydrogens (primary N) is 2. The first-order chi connectivity index (χ1) is 20.7. The lowest BCUT2D eigenvalue weighted by atomic mass is 9.86.